The summed E-state index contributed by atoms with van der Waals surface area (Å²) in [7, 11) is 0. The molecule has 0 spiro atoms. The molecule has 164 valence electrons. The maximum Gasteiger partial charge on any atom is 0.268 e. The first-order chi connectivity index (χ1) is 15.9. The first-order valence-electron chi connectivity index (χ1n) is 9.59. The lowest BCUT2D eigenvalue weighted by atomic mass is 10.1. The average Bonchev–Trinajstić information content (AvgIpc) is 3.44. The number of rotatable bonds is 6. The maximum absolute atomic E-state index is 12.6. The van der Waals surface area contributed by atoms with E-state index in [0.717, 1.165) is 16.0 Å². The molecule has 4 aromatic rings. The Morgan fingerprint density at radius 2 is 1.85 bits per heavy atom. The number of nitrogens with zero attached hydrogens (tertiary/aromatic N) is 2. The molecule has 1 N–H and O–H groups in total. The molecule has 2 aromatic carbocycles. The number of anilines is 1. The van der Waals surface area contributed by atoms with Gasteiger partial charge < -0.3 is 4.42 Å². The average molecular weight is 515 g/mol. The lowest BCUT2D eigenvalue weighted by molar-refractivity contribution is -0.112. The summed E-state index contributed by atoms with van der Waals surface area (Å²) in [4.78, 5) is 17.7. The fraction of sp³-hybridized carbons (Fsp3) is 0.0417. The molecule has 0 unspecified atom stereocenters. The number of carbonyl (C=O) groups excluding carboxylic acids is 1. The molecule has 2 heterocycles. The van der Waals surface area contributed by atoms with E-state index in [1.165, 1.54) is 17.4 Å². The molecule has 5 nitrogen and oxygen atoms in total. The van der Waals surface area contributed by atoms with E-state index in [9.17, 15) is 10.1 Å². The molecule has 0 saturated carbocycles. The zero-order chi connectivity index (χ0) is 23.4. The molecule has 0 atom stereocenters. The Morgan fingerprint density at radius 1 is 1.09 bits per heavy atom. The monoisotopic (exact) mass is 513 g/mol. The topological polar surface area (TPSA) is 78.9 Å². The summed E-state index contributed by atoms with van der Waals surface area (Å²) < 4.78 is 5.75. The van der Waals surface area contributed by atoms with Gasteiger partial charge in [0.05, 0.1) is 0 Å². The van der Waals surface area contributed by atoms with Crippen LogP contribution in [0.2, 0.25) is 15.1 Å². The van der Waals surface area contributed by atoms with Gasteiger partial charge in [0.25, 0.3) is 5.91 Å². The molecular formula is C24H14Cl3N3O2S. The quantitative estimate of drug-likeness (QED) is 0.213. The molecule has 0 aliphatic heterocycles. The standard InChI is InChI=1S/C24H14Cl3N3O2S/c25-17-3-1-14(2-4-17)22-8-6-19(32-22)10-16(12-28)23(31)30-24-29-13-20(33-24)11-15-9-18(26)5-7-21(15)27/h1-10,13H,11H2,(H,29,30,31)/b16-10+. The molecule has 0 saturated heterocycles. The molecule has 4 rings (SSSR count). The van der Waals surface area contributed by atoms with Crippen molar-refractivity contribution in [3.63, 3.8) is 0 Å². The summed E-state index contributed by atoms with van der Waals surface area (Å²) in [5.74, 6) is 0.394. The Balaban J connectivity index is 1.45. The predicted octanol–water partition coefficient (Wildman–Crippen LogP) is 7.50. The number of carbonyl (C=O) groups is 1. The highest BCUT2D eigenvalue weighted by molar-refractivity contribution is 7.15. The lowest BCUT2D eigenvalue weighted by Crippen LogP contribution is -2.13. The highest BCUT2D eigenvalue weighted by Gasteiger charge is 2.14. The second-order valence-corrected chi connectivity index (χ2v) is 9.27. The first kappa shape index (κ1) is 23.1. The number of hydrogen-bond donors (Lipinski definition) is 1. The Kier molecular flexibility index (Phi) is 7.17. The lowest BCUT2D eigenvalue weighted by Gasteiger charge is -2.02. The van der Waals surface area contributed by atoms with Crippen molar-refractivity contribution in [2.45, 2.75) is 6.42 Å². The van der Waals surface area contributed by atoms with Crippen LogP contribution >= 0.6 is 46.1 Å². The number of hydrogen-bond acceptors (Lipinski definition) is 5. The van der Waals surface area contributed by atoms with E-state index in [1.54, 1.807) is 48.7 Å². The van der Waals surface area contributed by atoms with Gasteiger partial charge in [-0.3, -0.25) is 10.1 Å². The van der Waals surface area contributed by atoms with Gasteiger partial charge in [-0.1, -0.05) is 34.8 Å². The Hall–Kier alpha value is -3.08. The summed E-state index contributed by atoms with van der Waals surface area (Å²) in [5.41, 5.74) is 1.58. The molecule has 2 aromatic heterocycles. The SMILES string of the molecule is N#C/C(=C\c1ccc(-c2ccc(Cl)cc2)o1)C(=O)Nc1ncc(Cc2cc(Cl)ccc2Cl)s1. The van der Waals surface area contributed by atoms with Crippen molar-refractivity contribution in [1.29, 1.82) is 5.26 Å². The van der Waals surface area contributed by atoms with E-state index in [-0.39, 0.29) is 5.57 Å². The van der Waals surface area contributed by atoms with Crippen LogP contribution in [-0.4, -0.2) is 10.9 Å². The van der Waals surface area contributed by atoms with Gasteiger partial charge in [-0.25, -0.2) is 4.98 Å². The van der Waals surface area contributed by atoms with E-state index in [4.69, 9.17) is 39.2 Å². The fourth-order valence-electron chi connectivity index (χ4n) is 2.97. The van der Waals surface area contributed by atoms with Crippen LogP contribution in [0.3, 0.4) is 0 Å². The Morgan fingerprint density at radius 3 is 2.61 bits per heavy atom. The third-order valence-corrected chi connectivity index (χ3v) is 6.32. The van der Waals surface area contributed by atoms with Crippen molar-refractivity contribution in [2.75, 3.05) is 5.32 Å². The summed E-state index contributed by atoms with van der Waals surface area (Å²) in [6.45, 7) is 0. The van der Waals surface area contributed by atoms with Gasteiger partial charge in [-0.2, -0.15) is 5.26 Å². The summed E-state index contributed by atoms with van der Waals surface area (Å²) in [6, 6.07) is 17.8. The van der Waals surface area contributed by atoms with Crippen molar-refractivity contribution in [3.05, 3.63) is 97.6 Å². The third kappa shape index (κ3) is 5.84. The summed E-state index contributed by atoms with van der Waals surface area (Å²) >= 11 is 19.5. The van der Waals surface area contributed by atoms with Crippen LogP contribution in [0, 0.1) is 11.3 Å². The van der Waals surface area contributed by atoms with Crippen LogP contribution in [-0.2, 0) is 11.2 Å². The predicted molar refractivity (Wildman–Crippen MR) is 133 cm³/mol. The first-order valence-corrected chi connectivity index (χ1v) is 11.5. The minimum Gasteiger partial charge on any atom is -0.457 e. The van der Waals surface area contributed by atoms with E-state index < -0.39 is 5.91 Å². The van der Waals surface area contributed by atoms with Crippen molar-refractivity contribution in [1.82, 2.24) is 4.98 Å². The van der Waals surface area contributed by atoms with Crippen LogP contribution in [0.4, 0.5) is 5.13 Å². The van der Waals surface area contributed by atoms with Crippen LogP contribution in [0.25, 0.3) is 17.4 Å². The number of amides is 1. The molecule has 9 heteroatoms. The van der Waals surface area contributed by atoms with Gasteiger partial charge in [0.1, 0.15) is 23.2 Å². The van der Waals surface area contributed by atoms with Crippen LogP contribution in [0.5, 0.6) is 0 Å². The van der Waals surface area contributed by atoms with Gasteiger partial charge in [-0.05, 0) is 60.2 Å². The van der Waals surface area contributed by atoms with Crippen molar-refractivity contribution in [2.24, 2.45) is 0 Å². The normalized spacial score (nSPS) is 11.3. The van der Waals surface area contributed by atoms with Gasteiger partial charge in [0.2, 0.25) is 0 Å². The number of benzene rings is 2. The fourth-order valence-corrected chi connectivity index (χ4v) is 4.30. The largest absolute Gasteiger partial charge is 0.457 e. The molecule has 0 fully saturated rings. The molecule has 0 radical (unpaired) electrons. The second-order valence-electron chi connectivity index (χ2n) is 6.88. The zero-order valence-corrected chi connectivity index (χ0v) is 19.9. The number of thiazole rings is 1. The molecule has 0 aliphatic carbocycles. The Bertz CT molecular complexity index is 1380. The van der Waals surface area contributed by atoms with Crippen molar-refractivity contribution >= 4 is 63.3 Å². The number of aromatic nitrogens is 1. The van der Waals surface area contributed by atoms with Crippen molar-refractivity contribution < 1.29 is 9.21 Å². The summed E-state index contributed by atoms with van der Waals surface area (Å²) in [5, 5.41) is 14.3. The van der Waals surface area contributed by atoms with E-state index in [2.05, 4.69) is 10.3 Å². The number of nitrogens with one attached hydrogen (secondary N) is 1. The number of halogens is 3. The second kappa shape index (κ2) is 10.2. The van der Waals surface area contributed by atoms with Gasteiger partial charge >= 0.3 is 0 Å². The molecular weight excluding hydrogens is 501 g/mol. The highest BCUT2D eigenvalue weighted by Crippen LogP contribution is 2.28. The molecule has 33 heavy (non-hydrogen) atoms. The Labute approximate surface area is 208 Å². The summed E-state index contributed by atoms with van der Waals surface area (Å²) in [6.07, 6.45) is 3.56. The van der Waals surface area contributed by atoms with E-state index in [1.807, 2.05) is 18.2 Å². The minimum atomic E-state index is -0.580. The van der Waals surface area contributed by atoms with Crippen molar-refractivity contribution in [3.8, 4) is 17.4 Å². The van der Waals surface area contributed by atoms with Crippen LogP contribution in [0.15, 0.2) is 70.8 Å². The van der Waals surface area contributed by atoms with Crippen LogP contribution < -0.4 is 5.32 Å². The number of furan rings is 1. The maximum atomic E-state index is 12.6. The third-order valence-electron chi connectivity index (χ3n) is 4.55. The van der Waals surface area contributed by atoms with Gasteiger partial charge in [0.15, 0.2) is 5.13 Å². The van der Waals surface area contributed by atoms with Gasteiger partial charge in [0, 0.05) is 44.2 Å². The molecule has 1 amide bonds. The minimum absolute atomic E-state index is 0.110. The molecule has 0 bridgehead atoms. The molecule has 0 aliphatic rings. The smallest absolute Gasteiger partial charge is 0.268 e. The van der Waals surface area contributed by atoms with Gasteiger partial charge in [-0.15, -0.1) is 11.3 Å². The van der Waals surface area contributed by atoms with E-state index in [0.29, 0.717) is 38.1 Å². The number of nitriles is 1. The van der Waals surface area contributed by atoms with E-state index >= 15 is 0 Å². The van der Waals surface area contributed by atoms with Crippen LogP contribution in [0.1, 0.15) is 16.2 Å². The zero-order valence-electron chi connectivity index (χ0n) is 16.8. The highest BCUT2D eigenvalue weighted by atomic mass is 35.5.